The van der Waals surface area contributed by atoms with Crippen LogP contribution >= 0.6 is 0 Å². The molecule has 33 heavy (non-hydrogen) atoms. The summed E-state index contributed by atoms with van der Waals surface area (Å²) < 4.78 is 1.93. The van der Waals surface area contributed by atoms with Crippen LogP contribution in [-0.4, -0.2) is 29.8 Å². The fourth-order valence-corrected chi connectivity index (χ4v) is 4.13. The zero-order chi connectivity index (χ0) is 23.2. The largest absolute Gasteiger partial charge is 0.379 e. The maximum Gasteiger partial charge on any atom is 0.220 e. The highest BCUT2D eigenvalue weighted by Gasteiger charge is 2.29. The van der Waals surface area contributed by atoms with Crippen LogP contribution in [-0.2, 0) is 12.0 Å². The highest BCUT2D eigenvalue weighted by molar-refractivity contribution is 5.84. The molecule has 3 heterocycles. The average Bonchev–Trinajstić information content (AvgIpc) is 3.46. The maximum atomic E-state index is 11.3. The zero-order valence-corrected chi connectivity index (χ0v) is 18.9. The molecule has 166 valence electrons. The van der Waals surface area contributed by atoms with Gasteiger partial charge in [-0.2, -0.15) is 5.10 Å². The van der Waals surface area contributed by atoms with Crippen LogP contribution < -0.4 is 5.73 Å². The summed E-state index contributed by atoms with van der Waals surface area (Å²) in [5.74, 6) is 0.121. The second-order valence-corrected chi connectivity index (χ2v) is 8.78. The summed E-state index contributed by atoms with van der Waals surface area (Å²) in [6.45, 7) is 5.91. The normalized spacial score (nSPS) is 14.8. The van der Waals surface area contributed by atoms with Gasteiger partial charge in [-0.1, -0.05) is 36.4 Å². The number of allylic oxidation sites excluding steroid dienone is 1. The molecule has 0 unspecified atom stereocenters. The van der Waals surface area contributed by atoms with Gasteiger partial charge in [0.25, 0.3) is 0 Å². The van der Waals surface area contributed by atoms with Crippen LogP contribution in [0, 0.1) is 0 Å². The lowest BCUT2D eigenvalue weighted by Gasteiger charge is -2.24. The Morgan fingerprint density at radius 3 is 2.58 bits per heavy atom. The standard InChI is InChI=1S/C26H26N6O/c1-16(2)32-15-18(14-29-32)17-11-21-20(9-10-22(21)28-13-17)23-12-24(31-25(27)30-23)26(3,33)19-7-5-4-6-8-19/h4-9,11-16,33H,10H2,1-3H3,(H2,27,30,31)/t26-/m1/s1. The molecule has 0 spiro atoms. The second-order valence-electron chi connectivity index (χ2n) is 8.78. The number of benzene rings is 1. The number of aliphatic hydroxyl groups is 1. The first kappa shape index (κ1) is 21.0. The number of pyridine rings is 1. The monoisotopic (exact) mass is 438 g/mol. The minimum atomic E-state index is -1.30. The number of hydrogen-bond donors (Lipinski definition) is 2. The molecule has 0 saturated heterocycles. The van der Waals surface area contributed by atoms with Crippen molar-refractivity contribution in [1.82, 2.24) is 24.7 Å². The second kappa shape index (κ2) is 7.94. The predicted octanol–water partition coefficient (Wildman–Crippen LogP) is 4.14. The molecule has 4 aromatic rings. The molecule has 0 amide bonds. The van der Waals surface area contributed by atoms with Gasteiger partial charge in [0.15, 0.2) is 0 Å². The Balaban J connectivity index is 1.55. The zero-order valence-electron chi connectivity index (χ0n) is 18.9. The molecule has 3 N–H and O–H groups in total. The Morgan fingerprint density at radius 1 is 1.06 bits per heavy atom. The average molecular weight is 439 g/mol. The van der Waals surface area contributed by atoms with Gasteiger partial charge < -0.3 is 10.8 Å². The van der Waals surface area contributed by atoms with Crippen molar-refractivity contribution >= 4 is 11.5 Å². The van der Waals surface area contributed by atoms with Gasteiger partial charge in [-0.25, -0.2) is 9.97 Å². The van der Waals surface area contributed by atoms with E-state index in [0.717, 1.165) is 33.5 Å². The van der Waals surface area contributed by atoms with E-state index in [1.54, 1.807) is 6.92 Å². The summed E-state index contributed by atoms with van der Waals surface area (Å²) in [6, 6.07) is 13.7. The van der Waals surface area contributed by atoms with E-state index in [-0.39, 0.29) is 12.0 Å². The van der Waals surface area contributed by atoms with E-state index in [9.17, 15) is 5.11 Å². The van der Waals surface area contributed by atoms with Crippen molar-refractivity contribution in [2.45, 2.75) is 38.8 Å². The molecule has 0 bridgehead atoms. The summed E-state index contributed by atoms with van der Waals surface area (Å²) in [6.07, 6.45) is 8.59. The molecule has 0 fully saturated rings. The summed E-state index contributed by atoms with van der Waals surface area (Å²) in [4.78, 5) is 13.5. The van der Waals surface area contributed by atoms with Crippen molar-refractivity contribution in [3.63, 3.8) is 0 Å². The molecule has 1 atom stereocenters. The van der Waals surface area contributed by atoms with E-state index >= 15 is 0 Å². The fourth-order valence-electron chi connectivity index (χ4n) is 4.13. The van der Waals surface area contributed by atoms with E-state index in [0.29, 0.717) is 17.8 Å². The van der Waals surface area contributed by atoms with Crippen molar-refractivity contribution in [1.29, 1.82) is 0 Å². The summed E-state index contributed by atoms with van der Waals surface area (Å²) in [7, 11) is 0. The van der Waals surface area contributed by atoms with Crippen molar-refractivity contribution in [2.24, 2.45) is 0 Å². The molecule has 0 aliphatic heterocycles. The van der Waals surface area contributed by atoms with Crippen molar-refractivity contribution < 1.29 is 5.11 Å². The predicted molar refractivity (Wildman–Crippen MR) is 128 cm³/mol. The Morgan fingerprint density at radius 2 is 1.85 bits per heavy atom. The molecule has 7 nitrogen and oxygen atoms in total. The van der Waals surface area contributed by atoms with Gasteiger partial charge in [-0.05, 0) is 38.5 Å². The van der Waals surface area contributed by atoms with Crippen LogP contribution in [0.4, 0.5) is 5.95 Å². The first-order chi connectivity index (χ1) is 15.8. The van der Waals surface area contributed by atoms with Crippen molar-refractivity contribution in [3.8, 4) is 11.1 Å². The fraction of sp³-hybridized carbons (Fsp3) is 0.231. The Labute approximate surface area is 192 Å². The quantitative estimate of drug-likeness (QED) is 0.485. The summed E-state index contributed by atoms with van der Waals surface area (Å²) >= 11 is 0. The number of hydrogen-bond acceptors (Lipinski definition) is 6. The molecule has 1 aliphatic carbocycles. The molecule has 1 aromatic carbocycles. The minimum absolute atomic E-state index is 0.121. The first-order valence-electron chi connectivity index (χ1n) is 11.0. The van der Waals surface area contributed by atoms with Crippen LogP contribution in [0.1, 0.15) is 55.0 Å². The molecule has 0 radical (unpaired) electrons. The van der Waals surface area contributed by atoms with Crippen LogP contribution in [0.2, 0.25) is 0 Å². The Kier molecular flexibility index (Phi) is 5.06. The third-order valence-electron chi connectivity index (χ3n) is 6.08. The van der Waals surface area contributed by atoms with Gasteiger partial charge in [0.05, 0.1) is 23.3 Å². The summed E-state index contributed by atoms with van der Waals surface area (Å²) in [5, 5.41) is 15.7. The summed E-state index contributed by atoms with van der Waals surface area (Å²) in [5.41, 5.74) is 11.6. The topological polar surface area (TPSA) is 103 Å². The van der Waals surface area contributed by atoms with E-state index in [1.165, 1.54) is 0 Å². The van der Waals surface area contributed by atoms with Crippen LogP contribution in [0.5, 0.6) is 0 Å². The lowest BCUT2D eigenvalue weighted by atomic mass is 9.91. The smallest absolute Gasteiger partial charge is 0.220 e. The van der Waals surface area contributed by atoms with E-state index < -0.39 is 5.60 Å². The molecule has 7 heteroatoms. The molecule has 5 rings (SSSR count). The minimum Gasteiger partial charge on any atom is -0.379 e. The third-order valence-corrected chi connectivity index (χ3v) is 6.08. The van der Waals surface area contributed by atoms with Gasteiger partial charge >= 0.3 is 0 Å². The van der Waals surface area contributed by atoms with Gasteiger partial charge in [0, 0.05) is 47.1 Å². The number of nitrogens with zero attached hydrogens (tertiary/aromatic N) is 5. The van der Waals surface area contributed by atoms with E-state index in [4.69, 9.17) is 10.7 Å². The molecular formula is C26H26N6O. The Hall–Kier alpha value is -3.84. The molecule has 1 aliphatic rings. The van der Waals surface area contributed by atoms with Crippen LogP contribution in [0.15, 0.2) is 67.1 Å². The van der Waals surface area contributed by atoms with Crippen LogP contribution in [0.25, 0.3) is 16.7 Å². The lowest BCUT2D eigenvalue weighted by molar-refractivity contribution is 0.0974. The highest BCUT2D eigenvalue weighted by Crippen LogP contribution is 2.36. The molecule has 3 aromatic heterocycles. The van der Waals surface area contributed by atoms with Crippen molar-refractivity contribution in [2.75, 3.05) is 5.73 Å². The highest BCUT2D eigenvalue weighted by atomic mass is 16.3. The maximum absolute atomic E-state index is 11.3. The van der Waals surface area contributed by atoms with E-state index in [2.05, 4.69) is 41.1 Å². The number of fused-ring (bicyclic) bond motifs is 1. The SMILES string of the molecule is CC(C)n1cc(-c2cnc3c(c2)C(c2cc([C@](C)(O)c4ccccc4)nc(N)n2)=CC3)cn1. The van der Waals surface area contributed by atoms with Gasteiger partial charge in [-0.3, -0.25) is 9.67 Å². The number of nitrogens with two attached hydrogens (primary N) is 1. The third kappa shape index (κ3) is 3.81. The van der Waals surface area contributed by atoms with Gasteiger partial charge in [0.2, 0.25) is 5.95 Å². The van der Waals surface area contributed by atoms with Crippen LogP contribution in [0.3, 0.4) is 0 Å². The lowest BCUT2D eigenvalue weighted by Crippen LogP contribution is -2.25. The molecular weight excluding hydrogens is 412 g/mol. The number of rotatable bonds is 5. The Bertz CT molecular complexity index is 1350. The van der Waals surface area contributed by atoms with Gasteiger partial charge in [-0.15, -0.1) is 0 Å². The first-order valence-corrected chi connectivity index (χ1v) is 11.0. The van der Waals surface area contributed by atoms with Gasteiger partial charge in [0.1, 0.15) is 5.60 Å². The van der Waals surface area contributed by atoms with E-state index in [1.807, 2.05) is 59.7 Å². The number of nitrogen functional groups attached to an aromatic ring is 1. The van der Waals surface area contributed by atoms with Crippen molar-refractivity contribution in [3.05, 3.63) is 95.3 Å². The number of anilines is 1. The number of aromatic nitrogens is 5. The molecule has 0 saturated carbocycles.